The molecule has 0 aliphatic rings. The number of carbonyl (C=O) groups excluding carboxylic acids is 1. The highest BCUT2D eigenvalue weighted by atomic mass is 32.1. The van der Waals surface area contributed by atoms with Crippen molar-refractivity contribution in [1.82, 2.24) is 4.57 Å². The monoisotopic (exact) mass is 384 g/mol. The Morgan fingerprint density at radius 2 is 1.85 bits per heavy atom. The molecule has 0 aliphatic carbocycles. The second-order valence-corrected chi connectivity index (χ2v) is 7.30. The van der Waals surface area contributed by atoms with E-state index in [4.69, 9.17) is 15.2 Å². The molecule has 0 unspecified atom stereocenters. The molecule has 0 bridgehead atoms. The molecule has 0 atom stereocenters. The van der Waals surface area contributed by atoms with Crippen LogP contribution in [0.5, 0.6) is 11.5 Å². The molecule has 3 aromatic rings. The number of amides is 1. The van der Waals surface area contributed by atoms with Crippen LogP contribution in [-0.2, 0) is 13.0 Å². The molecule has 6 heteroatoms. The third-order valence-electron chi connectivity index (χ3n) is 4.87. The summed E-state index contributed by atoms with van der Waals surface area (Å²) in [6.45, 7) is 4.75. The number of methoxy groups -OCH3 is 2. The molecular weight excluding hydrogens is 360 g/mol. The van der Waals surface area contributed by atoms with Crippen LogP contribution < -0.4 is 15.2 Å². The van der Waals surface area contributed by atoms with Crippen molar-refractivity contribution >= 4 is 17.2 Å². The van der Waals surface area contributed by atoms with Gasteiger partial charge in [-0.05, 0) is 49.4 Å². The Kier molecular flexibility index (Phi) is 5.56. The summed E-state index contributed by atoms with van der Waals surface area (Å²) in [5.74, 6) is 1.04. The fourth-order valence-corrected chi connectivity index (χ4v) is 4.35. The number of benzene rings is 1. The first-order valence-electron chi connectivity index (χ1n) is 8.72. The Morgan fingerprint density at radius 1 is 1.11 bits per heavy atom. The van der Waals surface area contributed by atoms with Gasteiger partial charge in [0.2, 0.25) is 0 Å². The van der Waals surface area contributed by atoms with E-state index in [0.717, 1.165) is 40.4 Å². The van der Waals surface area contributed by atoms with Gasteiger partial charge in [-0.15, -0.1) is 11.3 Å². The van der Waals surface area contributed by atoms with Crippen LogP contribution >= 0.6 is 11.3 Å². The zero-order chi connectivity index (χ0) is 19.6. The van der Waals surface area contributed by atoms with Crippen molar-refractivity contribution in [1.29, 1.82) is 0 Å². The van der Waals surface area contributed by atoms with Gasteiger partial charge in [0.05, 0.1) is 19.8 Å². The van der Waals surface area contributed by atoms with Gasteiger partial charge in [0.1, 0.15) is 0 Å². The molecule has 0 spiro atoms. The molecule has 0 fully saturated rings. The molecule has 0 saturated carbocycles. The van der Waals surface area contributed by atoms with Gasteiger partial charge in [0.15, 0.2) is 11.5 Å². The fourth-order valence-electron chi connectivity index (χ4n) is 3.52. The standard InChI is InChI=1S/C21H24N2O3S/c1-13-19(18-6-5-11-27-18)20(21(22)24)14(2)23(13)10-9-15-7-8-16(25-3)17(12-15)26-4/h5-8,11-12H,9-10H2,1-4H3,(H2,22,24). The lowest BCUT2D eigenvalue weighted by atomic mass is 10.1. The average molecular weight is 385 g/mol. The van der Waals surface area contributed by atoms with E-state index in [2.05, 4.69) is 4.57 Å². The number of hydrogen-bond acceptors (Lipinski definition) is 4. The van der Waals surface area contributed by atoms with E-state index in [1.165, 1.54) is 0 Å². The Bertz CT molecular complexity index is 958. The smallest absolute Gasteiger partial charge is 0.251 e. The summed E-state index contributed by atoms with van der Waals surface area (Å²) in [6.07, 6.45) is 0.804. The lowest BCUT2D eigenvalue weighted by molar-refractivity contribution is 0.1000. The number of ether oxygens (including phenoxy) is 2. The highest BCUT2D eigenvalue weighted by Crippen LogP contribution is 2.35. The van der Waals surface area contributed by atoms with Gasteiger partial charge in [0.25, 0.3) is 5.91 Å². The number of rotatable bonds is 7. The Morgan fingerprint density at radius 3 is 2.44 bits per heavy atom. The Balaban J connectivity index is 1.94. The van der Waals surface area contributed by atoms with E-state index in [9.17, 15) is 4.79 Å². The summed E-state index contributed by atoms with van der Waals surface area (Å²) in [5, 5.41) is 2.01. The van der Waals surface area contributed by atoms with Crippen LogP contribution in [0.1, 0.15) is 27.3 Å². The first kappa shape index (κ1) is 19.0. The summed E-state index contributed by atoms with van der Waals surface area (Å²) >= 11 is 1.62. The van der Waals surface area contributed by atoms with E-state index in [1.54, 1.807) is 25.6 Å². The van der Waals surface area contributed by atoms with Gasteiger partial charge in [0, 0.05) is 28.4 Å². The van der Waals surface area contributed by atoms with Crippen molar-refractivity contribution in [3.63, 3.8) is 0 Å². The van der Waals surface area contributed by atoms with Crippen molar-refractivity contribution in [2.24, 2.45) is 5.73 Å². The molecule has 5 nitrogen and oxygen atoms in total. The van der Waals surface area contributed by atoms with Crippen molar-refractivity contribution < 1.29 is 14.3 Å². The minimum absolute atomic E-state index is 0.385. The van der Waals surface area contributed by atoms with Crippen molar-refractivity contribution in [2.75, 3.05) is 14.2 Å². The first-order valence-corrected chi connectivity index (χ1v) is 9.60. The summed E-state index contributed by atoms with van der Waals surface area (Å²) in [5.41, 5.74) is 10.4. The molecule has 2 aromatic heterocycles. The molecule has 0 aliphatic heterocycles. The number of nitrogens with two attached hydrogens (primary N) is 1. The third-order valence-corrected chi connectivity index (χ3v) is 5.76. The zero-order valence-electron chi connectivity index (χ0n) is 16.0. The molecule has 27 heavy (non-hydrogen) atoms. The second kappa shape index (κ2) is 7.88. The quantitative estimate of drug-likeness (QED) is 0.664. The zero-order valence-corrected chi connectivity index (χ0v) is 16.9. The molecule has 0 radical (unpaired) electrons. The van der Waals surface area contributed by atoms with Crippen LogP contribution in [0.4, 0.5) is 0 Å². The minimum Gasteiger partial charge on any atom is -0.493 e. The van der Waals surface area contributed by atoms with Crippen LogP contribution in [-0.4, -0.2) is 24.7 Å². The molecule has 0 saturated heterocycles. The van der Waals surface area contributed by atoms with E-state index in [-0.39, 0.29) is 5.91 Å². The molecular formula is C21H24N2O3S. The van der Waals surface area contributed by atoms with Crippen LogP contribution in [0.3, 0.4) is 0 Å². The number of aromatic nitrogens is 1. The molecule has 1 amide bonds. The van der Waals surface area contributed by atoms with Gasteiger partial charge < -0.3 is 19.8 Å². The normalized spacial score (nSPS) is 10.8. The second-order valence-electron chi connectivity index (χ2n) is 6.35. The average Bonchev–Trinajstić information content (AvgIpc) is 3.26. The summed E-state index contributed by atoms with van der Waals surface area (Å²) < 4.78 is 12.9. The maximum absolute atomic E-state index is 12.1. The highest BCUT2D eigenvalue weighted by Gasteiger charge is 2.23. The SMILES string of the molecule is COc1ccc(CCn2c(C)c(C(N)=O)c(-c3cccs3)c2C)cc1OC. The van der Waals surface area contributed by atoms with Gasteiger partial charge in [-0.25, -0.2) is 0 Å². The van der Waals surface area contributed by atoms with Crippen LogP contribution in [0.25, 0.3) is 10.4 Å². The summed E-state index contributed by atoms with van der Waals surface area (Å²) in [4.78, 5) is 13.2. The number of carbonyl (C=O) groups is 1. The maximum atomic E-state index is 12.1. The Hall–Kier alpha value is -2.73. The summed E-state index contributed by atoms with van der Waals surface area (Å²) in [6, 6.07) is 9.94. The third kappa shape index (κ3) is 3.57. The molecule has 2 N–H and O–H groups in total. The highest BCUT2D eigenvalue weighted by molar-refractivity contribution is 7.13. The van der Waals surface area contributed by atoms with E-state index in [0.29, 0.717) is 17.1 Å². The van der Waals surface area contributed by atoms with E-state index < -0.39 is 0 Å². The largest absolute Gasteiger partial charge is 0.493 e. The van der Waals surface area contributed by atoms with Gasteiger partial charge in [-0.3, -0.25) is 4.79 Å². The van der Waals surface area contributed by atoms with Crippen molar-refractivity contribution in [3.8, 4) is 21.9 Å². The molecule has 1 aromatic carbocycles. The number of primary amides is 1. The number of hydrogen-bond donors (Lipinski definition) is 1. The lowest BCUT2D eigenvalue weighted by Gasteiger charge is -2.12. The lowest BCUT2D eigenvalue weighted by Crippen LogP contribution is -2.13. The predicted molar refractivity (Wildman–Crippen MR) is 109 cm³/mol. The number of aryl methyl sites for hydroxylation is 1. The molecule has 2 heterocycles. The number of thiophene rings is 1. The summed E-state index contributed by atoms with van der Waals surface area (Å²) in [7, 11) is 3.26. The van der Waals surface area contributed by atoms with Crippen molar-refractivity contribution in [2.45, 2.75) is 26.8 Å². The van der Waals surface area contributed by atoms with Gasteiger partial charge in [-0.1, -0.05) is 12.1 Å². The maximum Gasteiger partial charge on any atom is 0.251 e. The minimum atomic E-state index is -0.385. The van der Waals surface area contributed by atoms with Crippen LogP contribution in [0.2, 0.25) is 0 Å². The Labute approximate surface area is 163 Å². The fraction of sp³-hybridized carbons (Fsp3) is 0.286. The molecule has 142 valence electrons. The molecule has 3 rings (SSSR count). The van der Waals surface area contributed by atoms with E-state index in [1.807, 2.05) is 49.6 Å². The van der Waals surface area contributed by atoms with Crippen LogP contribution in [0.15, 0.2) is 35.7 Å². The first-order chi connectivity index (χ1) is 13.0. The predicted octanol–water partition coefficient (Wildman–Crippen LogP) is 4.19. The van der Waals surface area contributed by atoms with Gasteiger partial charge in [-0.2, -0.15) is 0 Å². The van der Waals surface area contributed by atoms with Gasteiger partial charge >= 0.3 is 0 Å². The number of nitrogens with zero attached hydrogens (tertiary/aromatic N) is 1. The van der Waals surface area contributed by atoms with Crippen LogP contribution in [0, 0.1) is 13.8 Å². The van der Waals surface area contributed by atoms with E-state index >= 15 is 0 Å². The van der Waals surface area contributed by atoms with Crippen molar-refractivity contribution in [3.05, 3.63) is 58.2 Å². The topological polar surface area (TPSA) is 66.5 Å².